The number of benzene rings is 1. The summed E-state index contributed by atoms with van der Waals surface area (Å²) in [5.41, 5.74) is 1.79. The van der Waals surface area contributed by atoms with Crippen LogP contribution in [0.1, 0.15) is 31.7 Å². The summed E-state index contributed by atoms with van der Waals surface area (Å²) in [6, 6.07) is 8.84. The molecule has 2 fully saturated rings. The third kappa shape index (κ3) is 4.80. The fraction of sp³-hybridized carbons (Fsp3) is 0.579. The number of anilines is 1. The Morgan fingerprint density at radius 1 is 1.12 bits per heavy atom. The van der Waals surface area contributed by atoms with Crippen LogP contribution in [0, 0.1) is 0 Å². The molecule has 2 aliphatic rings. The van der Waals surface area contributed by atoms with Gasteiger partial charge in [0.2, 0.25) is 11.8 Å². The van der Waals surface area contributed by atoms with E-state index in [1.165, 1.54) is 19.8 Å². The Balaban J connectivity index is 1.44. The summed E-state index contributed by atoms with van der Waals surface area (Å²) in [6.45, 7) is 4.47. The largest absolute Gasteiger partial charge is 0.351 e. The molecule has 2 heterocycles. The Labute approximate surface area is 149 Å². The third-order valence-corrected chi connectivity index (χ3v) is 5.36. The van der Waals surface area contributed by atoms with Crippen LogP contribution in [0.25, 0.3) is 0 Å². The first-order chi connectivity index (χ1) is 12.0. The van der Waals surface area contributed by atoms with Crippen molar-refractivity contribution in [3.8, 4) is 0 Å². The van der Waals surface area contributed by atoms with Gasteiger partial charge in [0.05, 0.1) is 6.54 Å². The van der Waals surface area contributed by atoms with Crippen LogP contribution in [0.15, 0.2) is 24.3 Å². The van der Waals surface area contributed by atoms with Gasteiger partial charge in [-0.2, -0.15) is 0 Å². The molecule has 1 aromatic rings. The molecule has 0 radical (unpaired) electrons. The lowest BCUT2D eigenvalue weighted by atomic mass is 10.1. The maximum Gasteiger partial charge on any atom is 0.234 e. The van der Waals surface area contributed by atoms with E-state index in [0.717, 1.165) is 30.8 Å². The Hall–Kier alpha value is -1.92. The van der Waals surface area contributed by atoms with Crippen molar-refractivity contribution in [3.63, 3.8) is 0 Å². The highest BCUT2D eigenvalue weighted by molar-refractivity contribution is 5.88. The van der Waals surface area contributed by atoms with E-state index in [1.54, 1.807) is 0 Å². The molecule has 0 aliphatic carbocycles. The van der Waals surface area contributed by atoms with Gasteiger partial charge in [0.15, 0.2) is 0 Å². The molecule has 2 aliphatic heterocycles. The molecule has 0 saturated carbocycles. The Kier molecular flexibility index (Phi) is 5.71. The first kappa shape index (κ1) is 17.9. The normalized spacial score (nSPS) is 23.9. The van der Waals surface area contributed by atoms with E-state index in [4.69, 9.17) is 0 Å². The maximum absolute atomic E-state index is 12.3. The van der Waals surface area contributed by atoms with E-state index in [9.17, 15) is 9.59 Å². The molecular weight excluding hydrogens is 316 g/mol. The first-order valence-electron chi connectivity index (χ1n) is 9.09. The average molecular weight is 344 g/mol. The van der Waals surface area contributed by atoms with Crippen molar-refractivity contribution in [3.05, 3.63) is 29.8 Å². The lowest BCUT2D eigenvalue weighted by Gasteiger charge is -2.25. The monoisotopic (exact) mass is 344 g/mol. The van der Waals surface area contributed by atoms with Crippen LogP contribution in [-0.2, 0) is 16.1 Å². The van der Waals surface area contributed by atoms with Crippen LogP contribution >= 0.6 is 0 Å². The van der Waals surface area contributed by atoms with Gasteiger partial charge >= 0.3 is 0 Å². The van der Waals surface area contributed by atoms with Crippen LogP contribution < -0.4 is 10.6 Å². The number of hydrogen-bond acceptors (Lipinski definition) is 4. The minimum Gasteiger partial charge on any atom is -0.351 e. The smallest absolute Gasteiger partial charge is 0.234 e. The fourth-order valence-corrected chi connectivity index (χ4v) is 3.89. The van der Waals surface area contributed by atoms with Crippen LogP contribution in [0.2, 0.25) is 0 Å². The molecule has 0 spiro atoms. The van der Waals surface area contributed by atoms with Crippen LogP contribution in [0.4, 0.5) is 5.69 Å². The van der Waals surface area contributed by atoms with Crippen molar-refractivity contribution < 1.29 is 9.59 Å². The van der Waals surface area contributed by atoms with Crippen molar-refractivity contribution in [2.75, 3.05) is 32.0 Å². The Morgan fingerprint density at radius 2 is 1.84 bits per heavy atom. The second kappa shape index (κ2) is 7.97. The Bertz CT molecular complexity index is 616. The number of rotatable bonds is 5. The lowest BCUT2D eigenvalue weighted by molar-refractivity contribution is -0.122. The van der Waals surface area contributed by atoms with Crippen molar-refractivity contribution in [2.45, 2.75) is 44.8 Å². The van der Waals surface area contributed by atoms with Crippen LogP contribution in [0.5, 0.6) is 0 Å². The van der Waals surface area contributed by atoms with Gasteiger partial charge in [0.25, 0.3) is 0 Å². The maximum atomic E-state index is 12.3. The van der Waals surface area contributed by atoms with Gasteiger partial charge in [-0.1, -0.05) is 12.1 Å². The van der Waals surface area contributed by atoms with Crippen molar-refractivity contribution in [2.24, 2.45) is 0 Å². The molecule has 6 nitrogen and oxygen atoms in total. The number of nitrogens with zero attached hydrogens (tertiary/aromatic N) is 2. The zero-order valence-electron chi connectivity index (χ0n) is 15.1. The van der Waals surface area contributed by atoms with Crippen molar-refractivity contribution >= 4 is 17.5 Å². The highest BCUT2D eigenvalue weighted by Gasteiger charge is 2.34. The topological polar surface area (TPSA) is 64.7 Å². The molecule has 0 unspecified atom stereocenters. The molecule has 2 atom stereocenters. The number of likely N-dealkylation sites (tertiary alicyclic amines) is 1. The average Bonchev–Trinajstić information content (AvgIpc) is 2.82. The van der Waals surface area contributed by atoms with E-state index in [1.807, 2.05) is 24.3 Å². The molecular formula is C19H28N4O2. The van der Waals surface area contributed by atoms with Gasteiger partial charge in [-0.3, -0.25) is 19.4 Å². The molecule has 25 heavy (non-hydrogen) atoms. The molecule has 136 valence electrons. The summed E-state index contributed by atoms with van der Waals surface area (Å²) >= 11 is 0. The lowest BCUT2D eigenvalue weighted by Crippen LogP contribution is -2.41. The number of amides is 2. The van der Waals surface area contributed by atoms with E-state index in [0.29, 0.717) is 25.2 Å². The van der Waals surface area contributed by atoms with Crippen molar-refractivity contribution in [1.82, 2.24) is 15.1 Å². The van der Waals surface area contributed by atoms with Gasteiger partial charge in [-0.05, 0) is 44.0 Å². The number of fused-ring (bicyclic) bond motifs is 2. The minimum absolute atomic E-state index is 0.0753. The summed E-state index contributed by atoms with van der Waals surface area (Å²) in [4.78, 5) is 28.1. The van der Waals surface area contributed by atoms with E-state index in [-0.39, 0.29) is 11.8 Å². The molecule has 2 saturated heterocycles. The molecule has 2 bridgehead atoms. The molecule has 6 heteroatoms. The molecule has 0 aromatic heterocycles. The van der Waals surface area contributed by atoms with E-state index >= 15 is 0 Å². The number of hydrogen-bond donors (Lipinski definition) is 2. The minimum atomic E-state index is -0.0853. The van der Waals surface area contributed by atoms with Crippen LogP contribution in [-0.4, -0.2) is 60.4 Å². The van der Waals surface area contributed by atoms with Gasteiger partial charge in [0.1, 0.15) is 0 Å². The Morgan fingerprint density at radius 3 is 2.56 bits per heavy atom. The number of likely N-dealkylation sites (N-methyl/N-ethyl adjacent to an activating group) is 1. The summed E-state index contributed by atoms with van der Waals surface area (Å²) in [5.74, 6) is -0.00999. The van der Waals surface area contributed by atoms with Gasteiger partial charge < -0.3 is 10.6 Å². The molecule has 3 rings (SSSR count). The van der Waals surface area contributed by atoms with Crippen molar-refractivity contribution in [1.29, 1.82) is 0 Å². The predicted octanol–water partition coefficient (Wildman–Crippen LogP) is 1.43. The second-order valence-corrected chi connectivity index (χ2v) is 7.23. The summed E-state index contributed by atoms with van der Waals surface area (Å²) in [7, 11) is 2.22. The standard InChI is InChI=1S/C19H28N4O2/c1-14(24)21-16-5-3-15(4-6-16)11-20-19(25)13-23-10-9-17-7-8-18(12-23)22(17)2/h3-6,17-18H,7-13H2,1-2H3,(H,20,25)(H,21,24)/t17-,18+/m0/s1. The molecule has 2 amide bonds. The number of nitrogens with one attached hydrogen (secondary N) is 2. The summed E-state index contributed by atoms with van der Waals surface area (Å²) in [5, 5.41) is 5.74. The van der Waals surface area contributed by atoms with Gasteiger partial charge in [-0.15, -0.1) is 0 Å². The number of carbonyl (C=O) groups excluding carboxylic acids is 2. The van der Waals surface area contributed by atoms with Gasteiger partial charge in [-0.25, -0.2) is 0 Å². The molecule has 2 N–H and O–H groups in total. The summed E-state index contributed by atoms with van der Waals surface area (Å²) < 4.78 is 0. The molecule has 1 aromatic carbocycles. The third-order valence-electron chi connectivity index (χ3n) is 5.36. The SMILES string of the molecule is CC(=O)Nc1ccc(CNC(=O)CN2CC[C@@H]3CC[C@H](C2)N3C)cc1. The number of carbonyl (C=O) groups is 2. The highest BCUT2D eigenvalue weighted by atomic mass is 16.2. The zero-order chi connectivity index (χ0) is 17.8. The fourth-order valence-electron chi connectivity index (χ4n) is 3.89. The quantitative estimate of drug-likeness (QED) is 0.848. The first-order valence-corrected chi connectivity index (χ1v) is 9.09. The van der Waals surface area contributed by atoms with E-state index < -0.39 is 0 Å². The second-order valence-electron chi connectivity index (χ2n) is 7.23. The van der Waals surface area contributed by atoms with Gasteiger partial charge in [0, 0.05) is 44.3 Å². The predicted molar refractivity (Wildman–Crippen MR) is 98.2 cm³/mol. The summed E-state index contributed by atoms with van der Waals surface area (Å²) in [6.07, 6.45) is 3.71. The van der Waals surface area contributed by atoms with E-state index in [2.05, 4.69) is 27.5 Å². The van der Waals surface area contributed by atoms with Crippen LogP contribution in [0.3, 0.4) is 0 Å². The zero-order valence-corrected chi connectivity index (χ0v) is 15.1. The highest BCUT2D eigenvalue weighted by Crippen LogP contribution is 2.28.